The van der Waals surface area contributed by atoms with E-state index in [2.05, 4.69) is 12.2 Å². The quantitative estimate of drug-likeness (QED) is 0.666. The number of nitriles is 1. The normalized spacial score (nSPS) is 21.3. The largest absolute Gasteiger partial charge is 0.493 e. The number of para-hydroxylation sites is 1. The van der Waals surface area contributed by atoms with Crippen molar-refractivity contribution in [3.05, 3.63) is 35.4 Å². The fourth-order valence-electron chi connectivity index (χ4n) is 2.97. The lowest BCUT2D eigenvalue weighted by Gasteiger charge is -2.29. The minimum absolute atomic E-state index is 0.120. The molecule has 1 amide bonds. The highest BCUT2D eigenvalue weighted by molar-refractivity contribution is 6.02. The van der Waals surface area contributed by atoms with Crippen molar-refractivity contribution in [3.63, 3.8) is 0 Å². The zero-order valence-electron chi connectivity index (χ0n) is 13.8. The molecule has 122 valence electrons. The Hall–Kier alpha value is -2.28. The predicted molar refractivity (Wildman–Crippen MR) is 90.8 cm³/mol. The van der Waals surface area contributed by atoms with Gasteiger partial charge >= 0.3 is 0 Å². The van der Waals surface area contributed by atoms with Crippen molar-refractivity contribution in [1.82, 2.24) is 5.32 Å². The maximum Gasteiger partial charge on any atom is 0.262 e. The molecule has 2 atom stereocenters. The van der Waals surface area contributed by atoms with Crippen molar-refractivity contribution >= 4 is 12.0 Å². The minimum Gasteiger partial charge on any atom is -0.493 e. The van der Waals surface area contributed by atoms with Crippen molar-refractivity contribution in [1.29, 1.82) is 5.26 Å². The molecule has 1 aliphatic rings. The Morgan fingerprint density at radius 3 is 2.83 bits per heavy atom. The zero-order chi connectivity index (χ0) is 16.7. The number of nitrogens with one attached hydrogen (secondary N) is 1. The van der Waals surface area contributed by atoms with Gasteiger partial charge < -0.3 is 10.1 Å². The summed E-state index contributed by atoms with van der Waals surface area (Å²) in [5.74, 6) is 0.850. The summed E-state index contributed by atoms with van der Waals surface area (Å²) >= 11 is 0. The number of amides is 1. The van der Waals surface area contributed by atoms with Crippen LogP contribution in [0.1, 0.15) is 45.1 Å². The van der Waals surface area contributed by atoms with Gasteiger partial charge in [-0.25, -0.2) is 0 Å². The fourth-order valence-corrected chi connectivity index (χ4v) is 2.97. The summed E-state index contributed by atoms with van der Waals surface area (Å²) in [6.45, 7) is 4.60. The van der Waals surface area contributed by atoms with Crippen molar-refractivity contribution in [3.8, 4) is 11.8 Å². The summed E-state index contributed by atoms with van der Waals surface area (Å²) in [5, 5.41) is 12.4. The molecule has 0 unspecified atom stereocenters. The van der Waals surface area contributed by atoms with Crippen LogP contribution in [0.3, 0.4) is 0 Å². The lowest BCUT2D eigenvalue weighted by atomic mass is 9.86. The number of carbonyl (C=O) groups is 1. The molecule has 23 heavy (non-hydrogen) atoms. The zero-order valence-corrected chi connectivity index (χ0v) is 13.8. The summed E-state index contributed by atoms with van der Waals surface area (Å²) in [5.41, 5.74) is 0.868. The highest BCUT2D eigenvalue weighted by Crippen LogP contribution is 2.25. The predicted octanol–water partition coefficient (Wildman–Crippen LogP) is 3.69. The maximum absolute atomic E-state index is 12.4. The molecule has 0 radical (unpaired) electrons. The summed E-state index contributed by atoms with van der Waals surface area (Å²) in [7, 11) is 0. The third kappa shape index (κ3) is 4.59. The van der Waals surface area contributed by atoms with E-state index in [0.29, 0.717) is 18.3 Å². The fraction of sp³-hybridized carbons (Fsp3) is 0.474. The van der Waals surface area contributed by atoms with E-state index in [0.717, 1.165) is 24.8 Å². The van der Waals surface area contributed by atoms with Gasteiger partial charge in [-0.1, -0.05) is 38.0 Å². The van der Waals surface area contributed by atoms with E-state index < -0.39 is 0 Å². The molecule has 0 heterocycles. The van der Waals surface area contributed by atoms with Gasteiger partial charge in [-0.15, -0.1) is 0 Å². The third-order valence-electron chi connectivity index (χ3n) is 4.31. The van der Waals surface area contributed by atoms with Crippen LogP contribution < -0.4 is 10.1 Å². The Bertz CT molecular complexity index is 616. The van der Waals surface area contributed by atoms with Crippen molar-refractivity contribution in [2.45, 2.75) is 45.6 Å². The van der Waals surface area contributed by atoms with Crippen LogP contribution in [0, 0.1) is 17.2 Å². The van der Waals surface area contributed by atoms with Gasteiger partial charge in [0.25, 0.3) is 5.91 Å². The molecule has 4 heteroatoms. The van der Waals surface area contributed by atoms with E-state index in [1.807, 2.05) is 37.3 Å². The number of benzene rings is 1. The Balaban J connectivity index is 2.15. The smallest absolute Gasteiger partial charge is 0.262 e. The van der Waals surface area contributed by atoms with Crippen LogP contribution in [-0.4, -0.2) is 18.6 Å². The molecule has 0 saturated heterocycles. The van der Waals surface area contributed by atoms with E-state index >= 15 is 0 Å². The molecular weight excluding hydrogens is 288 g/mol. The van der Waals surface area contributed by atoms with Crippen LogP contribution in [0.2, 0.25) is 0 Å². The van der Waals surface area contributed by atoms with Gasteiger partial charge in [0, 0.05) is 11.6 Å². The first-order valence-corrected chi connectivity index (χ1v) is 8.30. The number of hydrogen-bond donors (Lipinski definition) is 1. The number of rotatable bonds is 5. The summed E-state index contributed by atoms with van der Waals surface area (Å²) in [6, 6.07) is 9.60. The topological polar surface area (TPSA) is 62.1 Å². The Labute approximate surface area is 138 Å². The van der Waals surface area contributed by atoms with Crippen LogP contribution in [-0.2, 0) is 4.79 Å². The van der Waals surface area contributed by atoms with Crippen LogP contribution in [0.15, 0.2) is 29.8 Å². The highest BCUT2D eigenvalue weighted by atomic mass is 16.5. The van der Waals surface area contributed by atoms with Gasteiger partial charge in [-0.05, 0) is 37.8 Å². The number of hydrogen-bond acceptors (Lipinski definition) is 3. The minimum atomic E-state index is -0.294. The van der Waals surface area contributed by atoms with Gasteiger partial charge in [0.15, 0.2) is 0 Å². The number of carbonyl (C=O) groups excluding carboxylic acids is 1. The molecule has 1 fully saturated rings. The van der Waals surface area contributed by atoms with Gasteiger partial charge in [-0.3, -0.25) is 4.79 Å². The van der Waals surface area contributed by atoms with Crippen molar-refractivity contribution in [2.75, 3.05) is 6.61 Å². The Morgan fingerprint density at radius 2 is 2.13 bits per heavy atom. The lowest BCUT2D eigenvalue weighted by molar-refractivity contribution is -0.118. The SMILES string of the molecule is CCOc1ccccc1/C=C(\C#N)C(=O)N[C@H]1CCCC[C@@H]1C. The molecule has 0 bridgehead atoms. The maximum atomic E-state index is 12.4. The van der Waals surface area contributed by atoms with E-state index in [1.165, 1.54) is 6.42 Å². The lowest BCUT2D eigenvalue weighted by Crippen LogP contribution is -2.41. The second-order valence-electron chi connectivity index (χ2n) is 5.98. The summed E-state index contributed by atoms with van der Waals surface area (Å²) in [4.78, 5) is 12.4. The van der Waals surface area contributed by atoms with Crippen LogP contribution in [0.25, 0.3) is 6.08 Å². The average Bonchev–Trinajstić information content (AvgIpc) is 2.56. The second-order valence-corrected chi connectivity index (χ2v) is 5.98. The first kappa shape index (κ1) is 17.1. The molecule has 1 aliphatic carbocycles. The van der Waals surface area contributed by atoms with E-state index in [-0.39, 0.29) is 17.5 Å². The monoisotopic (exact) mass is 312 g/mol. The molecule has 1 saturated carbocycles. The van der Waals surface area contributed by atoms with Gasteiger partial charge in [0.2, 0.25) is 0 Å². The molecule has 0 spiro atoms. The van der Waals surface area contributed by atoms with Crippen molar-refractivity contribution in [2.24, 2.45) is 5.92 Å². The van der Waals surface area contributed by atoms with Gasteiger partial charge in [-0.2, -0.15) is 5.26 Å². The summed E-state index contributed by atoms with van der Waals surface area (Å²) in [6.07, 6.45) is 6.07. The first-order chi connectivity index (χ1) is 11.2. The first-order valence-electron chi connectivity index (χ1n) is 8.30. The Morgan fingerprint density at radius 1 is 1.39 bits per heavy atom. The van der Waals surface area contributed by atoms with Crippen LogP contribution in [0.4, 0.5) is 0 Å². The molecular formula is C19H24N2O2. The molecule has 0 aromatic heterocycles. The molecule has 1 aromatic carbocycles. The van der Waals surface area contributed by atoms with E-state index in [4.69, 9.17) is 4.74 Å². The average molecular weight is 312 g/mol. The van der Waals surface area contributed by atoms with Crippen molar-refractivity contribution < 1.29 is 9.53 Å². The highest BCUT2D eigenvalue weighted by Gasteiger charge is 2.24. The molecule has 0 aliphatic heterocycles. The molecule has 1 aromatic rings. The van der Waals surface area contributed by atoms with Gasteiger partial charge in [0.05, 0.1) is 6.61 Å². The third-order valence-corrected chi connectivity index (χ3v) is 4.31. The number of ether oxygens (including phenoxy) is 1. The molecule has 4 nitrogen and oxygen atoms in total. The van der Waals surface area contributed by atoms with Gasteiger partial charge in [0.1, 0.15) is 17.4 Å². The number of nitrogens with zero attached hydrogens (tertiary/aromatic N) is 1. The van der Waals surface area contributed by atoms with E-state index in [1.54, 1.807) is 6.08 Å². The van der Waals surface area contributed by atoms with Crippen LogP contribution >= 0.6 is 0 Å². The Kier molecular flexibility index (Phi) is 6.22. The molecule has 1 N–H and O–H groups in total. The summed E-state index contributed by atoms with van der Waals surface area (Å²) < 4.78 is 5.54. The van der Waals surface area contributed by atoms with E-state index in [9.17, 15) is 10.1 Å². The second kappa shape index (κ2) is 8.38. The molecule has 2 rings (SSSR count). The van der Waals surface area contributed by atoms with Crippen LogP contribution in [0.5, 0.6) is 5.75 Å². The standard InChI is InChI=1S/C19H24N2O2/c1-3-23-18-11-7-5-9-15(18)12-16(13-20)19(22)21-17-10-6-4-8-14(17)2/h5,7,9,11-12,14,17H,3-4,6,8,10H2,1-2H3,(H,21,22)/b16-12+/t14-,17-/m0/s1.